The predicted molar refractivity (Wildman–Crippen MR) is 76.7 cm³/mol. The molecule has 0 saturated heterocycles. The fourth-order valence-electron chi connectivity index (χ4n) is 1.62. The Labute approximate surface area is 109 Å². The summed E-state index contributed by atoms with van der Waals surface area (Å²) in [5.74, 6) is 0. The standard InChI is InChI=1S/C13H20N2OS/c1-15(8-3-4-9-16-2)12-7-5-6-11(10-12)13(14)17/h5-7,10H,3-4,8-9H2,1-2H3,(H2,14,17). The van der Waals surface area contributed by atoms with Gasteiger partial charge in [0.15, 0.2) is 0 Å². The molecule has 0 amide bonds. The highest BCUT2D eigenvalue weighted by Gasteiger charge is 2.03. The van der Waals surface area contributed by atoms with E-state index in [2.05, 4.69) is 18.0 Å². The van der Waals surface area contributed by atoms with Crippen molar-refractivity contribution in [2.24, 2.45) is 5.73 Å². The number of ether oxygens (including phenoxy) is 1. The molecule has 0 bridgehead atoms. The Morgan fingerprint density at radius 2 is 2.18 bits per heavy atom. The van der Waals surface area contributed by atoms with Gasteiger partial charge >= 0.3 is 0 Å². The molecule has 94 valence electrons. The van der Waals surface area contributed by atoms with Gasteiger partial charge in [-0.05, 0) is 25.0 Å². The molecule has 4 heteroatoms. The third kappa shape index (κ3) is 4.71. The Bertz CT molecular complexity index is 368. The van der Waals surface area contributed by atoms with Gasteiger partial charge in [-0.25, -0.2) is 0 Å². The van der Waals surface area contributed by atoms with Crippen molar-refractivity contribution < 1.29 is 4.74 Å². The second-order valence-corrected chi connectivity index (χ2v) is 4.48. The van der Waals surface area contributed by atoms with Crippen molar-refractivity contribution in [2.75, 3.05) is 32.2 Å². The van der Waals surface area contributed by atoms with Crippen LogP contribution in [0.1, 0.15) is 18.4 Å². The van der Waals surface area contributed by atoms with Crippen molar-refractivity contribution in [1.82, 2.24) is 0 Å². The fraction of sp³-hybridized carbons (Fsp3) is 0.462. The van der Waals surface area contributed by atoms with Crippen LogP contribution in [0.2, 0.25) is 0 Å². The maximum atomic E-state index is 5.62. The minimum absolute atomic E-state index is 0.444. The molecule has 0 saturated carbocycles. The van der Waals surface area contributed by atoms with E-state index in [-0.39, 0.29) is 0 Å². The highest BCUT2D eigenvalue weighted by atomic mass is 32.1. The molecule has 0 unspecified atom stereocenters. The van der Waals surface area contributed by atoms with Crippen LogP contribution in [0.5, 0.6) is 0 Å². The van der Waals surface area contributed by atoms with E-state index in [1.807, 2.05) is 18.2 Å². The first kappa shape index (κ1) is 13.9. The van der Waals surface area contributed by atoms with Crippen LogP contribution in [0, 0.1) is 0 Å². The number of hydrogen-bond donors (Lipinski definition) is 1. The lowest BCUT2D eigenvalue weighted by atomic mass is 10.2. The van der Waals surface area contributed by atoms with Gasteiger partial charge in [-0.15, -0.1) is 0 Å². The van der Waals surface area contributed by atoms with E-state index in [9.17, 15) is 0 Å². The van der Waals surface area contributed by atoms with E-state index < -0.39 is 0 Å². The van der Waals surface area contributed by atoms with E-state index in [0.717, 1.165) is 37.2 Å². The number of anilines is 1. The number of rotatable bonds is 7. The molecular formula is C13H20N2OS. The van der Waals surface area contributed by atoms with E-state index in [1.165, 1.54) is 0 Å². The number of unbranched alkanes of at least 4 members (excludes halogenated alkanes) is 1. The fourth-order valence-corrected chi connectivity index (χ4v) is 1.75. The summed E-state index contributed by atoms with van der Waals surface area (Å²) in [5.41, 5.74) is 7.68. The molecule has 0 radical (unpaired) electrons. The lowest BCUT2D eigenvalue weighted by Crippen LogP contribution is -2.19. The number of benzene rings is 1. The number of thiocarbonyl (C=S) groups is 1. The van der Waals surface area contributed by atoms with Crippen molar-refractivity contribution in [3.8, 4) is 0 Å². The smallest absolute Gasteiger partial charge is 0.104 e. The second kappa shape index (κ2) is 7.25. The lowest BCUT2D eigenvalue weighted by Gasteiger charge is -2.19. The topological polar surface area (TPSA) is 38.5 Å². The zero-order valence-electron chi connectivity index (χ0n) is 10.5. The maximum Gasteiger partial charge on any atom is 0.104 e. The molecule has 0 aliphatic carbocycles. The Morgan fingerprint density at radius 1 is 1.41 bits per heavy atom. The van der Waals surface area contributed by atoms with Gasteiger partial charge in [-0.1, -0.05) is 24.4 Å². The number of methoxy groups -OCH3 is 1. The van der Waals surface area contributed by atoms with Gasteiger partial charge in [0.05, 0.1) is 0 Å². The summed E-state index contributed by atoms with van der Waals surface area (Å²) in [7, 11) is 3.81. The molecule has 17 heavy (non-hydrogen) atoms. The van der Waals surface area contributed by atoms with Crippen LogP contribution in [0.4, 0.5) is 5.69 Å². The molecule has 3 nitrogen and oxygen atoms in total. The molecule has 1 aromatic carbocycles. The van der Waals surface area contributed by atoms with E-state index in [0.29, 0.717) is 4.99 Å². The Balaban J connectivity index is 2.53. The number of hydrogen-bond acceptors (Lipinski definition) is 3. The van der Waals surface area contributed by atoms with Gasteiger partial charge in [0.25, 0.3) is 0 Å². The van der Waals surface area contributed by atoms with Crippen LogP contribution in [-0.4, -0.2) is 32.3 Å². The van der Waals surface area contributed by atoms with E-state index >= 15 is 0 Å². The summed E-state index contributed by atoms with van der Waals surface area (Å²) in [6.07, 6.45) is 2.19. The predicted octanol–water partition coefficient (Wildman–Crippen LogP) is 2.18. The highest BCUT2D eigenvalue weighted by Crippen LogP contribution is 2.15. The summed E-state index contributed by atoms with van der Waals surface area (Å²) < 4.78 is 5.03. The van der Waals surface area contributed by atoms with Gasteiger partial charge in [0.2, 0.25) is 0 Å². The average Bonchev–Trinajstić information content (AvgIpc) is 2.34. The van der Waals surface area contributed by atoms with Crippen molar-refractivity contribution in [1.29, 1.82) is 0 Å². The van der Waals surface area contributed by atoms with Crippen LogP contribution in [0.3, 0.4) is 0 Å². The van der Waals surface area contributed by atoms with Crippen LogP contribution in [-0.2, 0) is 4.74 Å². The van der Waals surface area contributed by atoms with E-state index in [4.69, 9.17) is 22.7 Å². The molecule has 1 aromatic rings. The van der Waals surface area contributed by atoms with E-state index in [1.54, 1.807) is 7.11 Å². The molecule has 2 N–H and O–H groups in total. The minimum atomic E-state index is 0.444. The zero-order chi connectivity index (χ0) is 12.7. The molecular weight excluding hydrogens is 232 g/mol. The Morgan fingerprint density at radius 3 is 2.82 bits per heavy atom. The maximum absolute atomic E-state index is 5.62. The molecule has 0 fully saturated rings. The number of nitrogens with zero attached hydrogens (tertiary/aromatic N) is 1. The molecule has 0 aliphatic heterocycles. The SMILES string of the molecule is COCCCCN(C)c1cccc(C(N)=S)c1. The first-order valence-corrected chi connectivity index (χ1v) is 6.16. The largest absolute Gasteiger partial charge is 0.389 e. The van der Waals surface area contributed by atoms with Crippen LogP contribution < -0.4 is 10.6 Å². The van der Waals surface area contributed by atoms with Gasteiger partial charge in [-0.2, -0.15) is 0 Å². The molecule has 0 aromatic heterocycles. The monoisotopic (exact) mass is 252 g/mol. The third-order valence-electron chi connectivity index (χ3n) is 2.66. The van der Waals surface area contributed by atoms with Crippen molar-refractivity contribution >= 4 is 22.9 Å². The molecule has 0 atom stereocenters. The first-order valence-electron chi connectivity index (χ1n) is 5.75. The van der Waals surface area contributed by atoms with Crippen molar-refractivity contribution in [3.63, 3.8) is 0 Å². The summed E-state index contributed by atoms with van der Waals surface area (Å²) in [6, 6.07) is 8.01. The summed E-state index contributed by atoms with van der Waals surface area (Å²) >= 11 is 4.97. The van der Waals surface area contributed by atoms with Crippen LogP contribution in [0.25, 0.3) is 0 Å². The average molecular weight is 252 g/mol. The quantitative estimate of drug-likeness (QED) is 0.596. The van der Waals surface area contributed by atoms with Crippen molar-refractivity contribution in [2.45, 2.75) is 12.8 Å². The lowest BCUT2D eigenvalue weighted by molar-refractivity contribution is 0.193. The molecule has 0 spiro atoms. The van der Waals surface area contributed by atoms with Gasteiger partial charge < -0.3 is 15.4 Å². The Kier molecular flexibility index (Phi) is 5.94. The highest BCUT2D eigenvalue weighted by molar-refractivity contribution is 7.80. The number of nitrogens with two attached hydrogens (primary N) is 1. The van der Waals surface area contributed by atoms with Crippen LogP contribution >= 0.6 is 12.2 Å². The van der Waals surface area contributed by atoms with Gasteiger partial charge in [0, 0.05) is 38.6 Å². The van der Waals surface area contributed by atoms with Gasteiger partial charge in [-0.3, -0.25) is 0 Å². The van der Waals surface area contributed by atoms with Crippen molar-refractivity contribution in [3.05, 3.63) is 29.8 Å². The Hall–Kier alpha value is -1.13. The summed E-state index contributed by atoms with van der Waals surface area (Å²) in [5, 5.41) is 0. The summed E-state index contributed by atoms with van der Waals surface area (Å²) in [4.78, 5) is 2.65. The first-order chi connectivity index (χ1) is 8.15. The summed E-state index contributed by atoms with van der Waals surface area (Å²) in [6.45, 7) is 1.82. The molecule has 0 heterocycles. The van der Waals surface area contributed by atoms with Gasteiger partial charge in [0.1, 0.15) is 4.99 Å². The normalized spacial score (nSPS) is 10.2. The third-order valence-corrected chi connectivity index (χ3v) is 2.90. The van der Waals surface area contributed by atoms with Crippen LogP contribution in [0.15, 0.2) is 24.3 Å². The molecule has 1 rings (SSSR count). The molecule has 0 aliphatic rings. The minimum Gasteiger partial charge on any atom is -0.389 e. The zero-order valence-corrected chi connectivity index (χ0v) is 11.3. The second-order valence-electron chi connectivity index (χ2n) is 4.04.